The van der Waals surface area contributed by atoms with Crippen molar-refractivity contribution in [3.05, 3.63) is 96.1 Å². The highest BCUT2D eigenvalue weighted by Gasteiger charge is 2.34. The van der Waals surface area contributed by atoms with Gasteiger partial charge in [0.15, 0.2) is 0 Å². The number of nitrogens with one attached hydrogen (secondary N) is 1. The standard InChI is InChI=1S/C32H40N4O3/c1-32(2,33)19-11-16-29(37)35(4)28(22-24-17-18-25-14-9-10-15-26(25)20-24)31(39)36(5)27(30(38)34-3)21-23-12-7-6-8-13-23/h6-18,20,27-28H,19,21-22,33H2,1-5H3,(H,34,38)/b16-11+/t27?,28-/m1/s1. The van der Waals surface area contributed by atoms with Crippen LogP contribution in [0.2, 0.25) is 0 Å². The normalized spacial score (nSPS) is 13.2. The van der Waals surface area contributed by atoms with Crippen LogP contribution in [0, 0.1) is 0 Å². The molecule has 3 N–H and O–H groups in total. The molecule has 0 bridgehead atoms. The molecule has 2 atom stereocenters. The Labute approximate surface area is 231 Å². The molecule has 0 aliphatic carbocycles. The van der Waals surface area contributed by atoms with Crippen molar-refractivity contribution in [1.29, 1.82) is 0 Å². The van der Waals surface area contributed by atoms with Gasteiger partial charge < -0.3 is 20.9 Å². The van der Waals surface area contributed by atoms with Crippen molar-refractivity contribution < 1.29 is 14.4 Å². The Hall–Kier alpha value is -3.97. The van der Waals surface area contributed by atoms with E-state index in [4.69, 9.17) is 5.73 Å². The van der Waals surface area contributed by atoms with Gasteiger partial charge in [0.05, 0.1) is 0 Å². The molecule has 1 unspecified atom stereocenters. The lowest BCUT2D eigenvalue weighted by Crippen LogP contribution is -2.55. The van der Waals surface area contributed by atoms with Crippen molar-refractivity contribution >= 4 is 28.5 Å². The number of carbonyl (C=O) groups is 3. The zero-order valence-electron chi connectivity index (χ0n) is 23.6. The maximum absolute atomic E-state index is 14.1. The van der Waals surface area contributed by atoms with E-state index in [1.54, 1.807) is 27.2 Å². The van der Waals surface area contributed by atoms with Crippen LogP contribution in [0.3, 0.4) is 0 Å². The lowest BCUT2D eigenvalue weighted by atomic mass is 9.98. The summed E-state index contributed by atoms with van der Waals surface area (Å²) in [7, 11) is 4.82. The minimum absolute atomic E-state index is 0.266. The molecule has 39 heavy (non-hydrogen) atoms. The summed E-state index contributed by atoms with van der Waals surface area (Å²) in [5, 5.41) is 4.84. The van der Waals surface area contributed by atoms with Crippen molar-refractivity contribution in [2.45, 2.75) is 50.7 Å². The molecule has 3 amide bonds. The van der Waals surface area contributed by atoms with Gasteiger partial charge in [-0.1, -0.05) is 78.9 Å². The molecule has 0 heterocycles. The van der Waals surface area contributed by atoms with Crippen LogP contribution in [0.15, 0.2) is 84.9 Å². The molecule has 0 radical (unpaired) electrons. The minimum Gasteiger partial charge on any atom is -0.357 e. The van der Waals surface area contributed by atoms with Gasteiger partial charge in [-0.25, -0.2) is 0 Å². The highest BCUT2D eigenvalue weighted by atomic mass is 16.2. The van der Waals surface area contributed by atoms with Crippen molar-refractivity contribution in [2.75, 3.05) is 21.1 Å². The first-order chi connectivity index (χ1) is 18.5. The molecule has 0 fully saturated rings. The highest BCUT2D eigenvalue weighted by molar-refractivity contribution is 5.95. The SMILES string of the molecule is CNC(=O)C(Cc1ccccc1)N(C)C(=O)[C@@H](Cc1ccc2ccccc2c1)N(C)C(=O)/C=C/CC(C)(C)N. The zero-order valence-corrected chi connectivity index (χ0v) is 23.6. The van der Waals surface area contributed by atoms with Crippen LogP contribution in [0.1, 0.15) is 31.4 Å². The van der Waals surface area contributed by atoms with Gasteiger partial charge in [-0.05, 0) is 48.2 Å². The zero-order chi connectivity index (χ0) is 28.6. The molecule has 0 aliphatic rings. The van der Waals surface area contributed by atoms with Crippen molar-refractivity contribution in [3.8, 4) is 0 Å². The summed E-state index contributed by atoms with van der Waals surface area (Å²) in [5.41, 5.74) is 7.47. The maximum atomic E-state index is 14.1. The van der Waals surface area contributed by atoms with Gasteiger partial charge in [0.25, 0.3) is 0 Å². The summed E-state index contributed by atoms with van der Waals surface area (Å²) in [4.78, 5) is 43.1. The molecule has 3 aromatic carbocycles. The Kier molecular flexibility index (Phi) is 10.0. The lowest BCUT2D eigenvalue weighted by Gasteiger charge is -2.34. The van der Waals surface area contributed by atoms with Gasteiger partial charge in [-0.3, -0.25) is 14.4 Å². The Morgan fingerprint density at radius 1 is 0.846 bits per heavy atom. The third-order valence-corrected chi connectivity index (χ3v) is 6.88. The molecule has 7 heteroatoms. The second-order valence-electron chi connectivity index (χ2n) is 10.7. The van der Waals surface area contributed by atoms with Gasteiger partial charge in [0.2, 0.25) is 17.7 Å². The molecule has 7 nitrogen and oxygen atoms in total. The summed E-state index contributed by atoms with van der Waals surface area (Å²) >= 11 is 0. The van der Waals surface area contributed by atoms with Gasteiger partial charge in [-0.15, -0.1) is 0 Å². The van der Waals surface area contributed by atoms with Crippen LogP contribution in [0.25, 0.3) is 10.8 Å². The number of nitrogens with zero attached hydrogens (tertiary/aromatic N) is 2. The topological polar surface area (TPSA) is 95.7 Å². The number of rotatable bonds is 11. The lowest BCUT2D eigenvalue weighted by molar-refractivity contribution is -0.146. The summed E-state index contributed by atoms with van der Waals surface area (Å²) in [5.74, 6) is -0.874. The largest absolute Gasteiger partial charge is 0.357 e. The maximum Gasteiger partial charge on any atom is 0.246 e. The first-order valence-electron chi connectivity index (χ1n) is 13.2. The van der Waals surface area contributed by atoms with E-state index in [9.17, 15) is 14.4 Å². The summed E-state index contributed by atoms with van der Waals surface area (Å²) in [6.45, 7) is 3.77. The fourth-order valence-electron chi connectivity index (χ4n) is 4.51. The molecule has 3 rings (SSSR count). The molecule has 206 valence electrons. The molecule has 0 aromatic heterocycles. The number of nitrogens with two attached hydrogens (primary N) is 1. The van der Waals surface area contributed by atoms with E-state index in [-0.39, 0.29) is 17.7 Å². The third kappa shape index (κ3) is 8.26. The van der Waals surface area contributed by atoms with Gasteiger partial charge in [0, 0.05) is 39.5 Å². The number of benzene rings is 3. The van der Waals surface area contributed by atoms with Crippen LogP contribution in [0.5, 0.6) is 0 Å². The average Bonchev–Trinajstić information content (AvgIpc) is 2.92. The number of fused-ring (bicyclic) bond motifs is 1. The van der Waals surface area contributed by atoms with Crippen LogP contribution < -0.4 is 11.1 Å². The Morgan fingerprint density at radius 2 is 1.46 bits per heavy atom. The fraction of sp³-hybridized carbons (Fsp3) is 0.344. The molecular formula is C32H40N4O3. The van der Waals surface area contributed by atoms with E-state index >= 15 is 0 Å². The molecule has 3 aromatic rings. The molecule has 0 saturated heterocycles. The summed E-state index contributed by atoms with van der Waals surface area (Å²) in [6.07, 6.45) is 4.39. The monoisotopic (exact) mass is 528 g/mol. The van der Waals surface area contributed by atoms with E-state index in [0.29, 0.717) is 19.3 Å². The molecule has 0 aliphatic heterocycles. The minimum atomic E-state index is -0.817. The Bertz CT molecular complexity index is 1310. The van der Waals surface area contributed by atoms with E-state index < -0.39 is 17.6 Å². The molecule has 0 saturated carbocycles. The van der Waals surface area contributed by atoms with Crippen LogP contribution >= 0.6 is 0 Å². The number of likely N-dealkylation sites (N-methyl/N-ethyl adjacent to an activating group) is 3. The van der Waals surface area contributed by atoms with E-state index in [0.717, 1.165) is 21.9 Å². The Balaban J connectivity index is 1.93. The van der Waals surface area contributed by atoms with Crippen LogP contribution in [-0.2, 0) is 27.2 Å². The van der Waals surface area contributed by atoms with Gasteiger partial charge >= 0.3 is 0 Å². The van der Waals surface area contributed by atoms with Crippen molar-refractivity contribution in [3.63, 3.8) is 0 Å². The first kappa shape index (κ1) is 29.6. The van der Waals surface area contributed by atoms with E-state index in [2.05, 4.69) is 5.32 Å². The third-order valence-electron chi connectivity index (χ3n) is 6.88. The average molecular weight is 529 g/mol. The first-order valence-corrected chi connectivity index (χ1v) is 13.2. The fourth-order valence-corrected chi connectivity index (χ4v) is 4.51. The predicted octanol–water partition coefficient (Wildman–Crippen LogP) is 3.71. The van der Waals surface area contributed by atoms with Gasteiger partial charge in [-0.2, -0.15) is 0 Å². The number of amides is 3. The number of hydrogen-bond donors (Lipinski definition) is 2. The summed E-state index contributed by atoms with van der Waals surface area (Å²) < 4.78 is 0. The predicted molar refractivity (Wildman–Crippen MR) is 157 cm³/mol. The van der Waals surface area contributed by atoms with Crippen LogP contribution in [-0.4, -0.2) is 66.3 Å². The Morgan fingerprint density at radius 3 is 2.10 bits per heavy atom. The number of hydrogen-bond acceptors (Lipinski definition) is 4. The van der Waals surface area contributed by atoms with Crippen LogP contribution in [0.4, 0.5) is 0 Å². The van der Waals surface area contributed by atoms with E-state index in [1.165, 1.54) is 15.9 Å². The van der Waals surface area contributed by atoms with Gasteiger partial charge in [0.1, 0.15) is 12.1 Å². The smallest absolute Gasteiger partial charge is 0.246 e. The quantitative estimate of drug-likeness (QED) is 0.371. The number of carbonyl (C=O) groups excluding carboxylic acids is 3. The van der Waals surface area contributed by atoms with E-state index in [1.807, 2.05) is 86.6 Å². The molecular weight excluding hydrogens is 488 g/mol. The molecule has 0 spiro atoms. The van der Waals surface area contributed by atoms with Crippen molar-refractivity contribution in [2.24, 2.45) is 5.73 Å². The second kappa shape index (κ2) is 13.2. The second-order valence-corrected chi connectivity index (χ2v) is 10.7. The van der Waals surface area contributed by atoms with Crippen molar-refractivity contribution in [1.82, 2.24) is 15.1 Å². The summed E-state index contributed by atoms with van der Waals surface area (Å²) in [6, 6.07) is 22.1. The highest BCUT2D eigenvalue weighted by Crippen LogP contribution is 2.20.